The van der Waals surface area contributed by atoms with E-state index in [1.54, 1.807) is 0 Å². The number of carbonyl (C=O) groups is 1. The molecule has 0 aliphatic carbocycles. The van der Waals surface area contributed by atoms with Crippen molar-refractivity contribution in [3.63, 3.8) is 0 Å². The van der Waals surface area contributed by atoms with E-state index >= 15 is 0 Å². The Morgan fingerprint density at radius 1 is 1.23 bits per heavy atom. The van der Waals surface area contributed by atoms with Crippen LogP contribution >= 0.6 is 0 Å². The predicted molar refractivity (Wildman–Crippen MR) is 89.0 cm³/mol. The second-order valence-electron chi connectivity index (χ2n) is 6.43. The average molecular weight is 304 g/mol. The van der Waals surface area contributed by atoms with Gasteiger partial charge in [0.2, 0.25) is 0 Å². The number of carbonyl (C=O) groups excluding carboxylic acids is 1. The van der Waals surface area contributed by atoms with E-state index in [9.17, 15) is 4.79 Å². The van der Waals surface area contributed by atoms with Crippen molar-refractivity contribution in [1.82, 2.24) is 10.2 Å². The number of nitrogens with zero attached hydrogens (tertiary/aromatic N) is 1. The zero-order valence-electron chi connectivity index (χ0n) is 13.8. The summed E-state index contributed by atoms with van der Waals surface area (Å²) in [5.41, 5.74) is 0. The van der Waals surface area contributed by atoms with Crippen molar-refractivity contribution in [2.24, 2.45) is 5.92 Å². The number of hydrogen-bond acceptors (Lipinski definition) is 3. The lowest BCUT2D eigenvalue weighted by Gasteiger charge is -2.29. The molecule has 0 spiro atoms. The Morgan fingerprint density at radius 2 is 1.91 bits per heavy atom. The highest BCUT2D eigenvalue weighted by molar-refractivity contribution is 5.77. The molecule has 4 nitrogen and oxygen atoms in total. The molecular weight excluding hydrogens is 276 g/mol. The summed E-state index contributed by atoms with van der Waals surface area (Å²) >= 11 is 0. The largest absolute Gasteiger partial charge is 0.484 e. The highest BCUT2D eigenvalue weighted by Crippen LogP contribution is 2.17. The average Bonchev–Trinajstić information content (AvgIpc) is 3.04. The third kappa shape index (κ3) is 5.68. The molecule has 1 aromatic carbocycles. The molecule has 1 aliphatic heterocycles. The van der Waals surface area contributed by atoms with E-state index in [2.05, 4.69) is 24.1 Å². The zero-order chi connectivity index (χ0) is 15.8. The van der Waals surface area contributed by atoms with Crippen molar-refractivity contribution in [2.75, 3.05) is 26.2 Å². The van der Waals surface area contributed by atoms with E-state index in [0.717, 1.165) is 31.8 Å². The lowest BCUT2D eigenvalue weighted by atomic mass is 10.0. The molecule has 0 bridgehead atoms. The molecule has 0 aromatic heterocycles. The smallest absolute Gasteiger partial charge is 0.257 e. The molecule has 1 saturated heterocycles. The number of ether oxygens (including phenoxy) is 1. The summed E-state index contributed by atoms with van der Waals surface area (Å²) in [5.74, 6) is 1.33. The number of para-hydroxylation sites is 1. The first-order valence-corrected chi connectivity index (χ1v) is 8.33. The second kappa shape index (κ2) is 8.79. The van der Waals surface area contributed by atoms with E-state index < -0.39 is 0 Å². The van der Waals surface area contributed by atoms with E-state index in [1.165, 1.54) is 12.8 Å². The normalized spacial score (nSPS) is 16.7. The highest BCUT2D eigenvalue weighted by atomic mass is 16.5. The van der Waals surface area contributed by atoms with Crippen molar-refractivity contribution in [3.05, 3.63) is 30.3 Å². The van der Waals surface area contributed by atoms with Crippen LogP contribution in [-0.4, -0.2) is 43.1 Å². The maximum absolute atomic E-state index is 12.0. The fraction of sp³-hybridized carbons (Fsp3) is 0.611. The molecule has 1 amide bonds. The number of rotatable bonds is 8. The Kier molecular flexibility index (Phi) is 6.72. The van der Waals surface area contributed by atoms with Crippen LogP contribution < -0.4 is 10.1 Å². The van der Waals surface area contributed by atoms with Gasteiger partial charge in [-0.15, -0.1) is 0 Å². The maximum atomic E-state index is 12.0. The van der Waals surface area contributed by atoms with Gasteiger partial charge in [0.25, 0.3) is 5.91 Å². The van der Waals surface area contributed by atoms with E-state index in [-0.39, 0.29) is 12.5 Å². The molecule has 2 rings (SSSR count). The van der Waals surface area contributed by atoms with Gasteiger partial charge >= 0.3 is 0 Å². The van der Waals surface area contributed by atoms with Gasteiger partial charge in [-0.3, -0.25) is 9.69 Å². The van der Waals surface area contributed by atoms with Crippen LogP contribution in [0, 0.1) is 5.92 Å². The molecule has 0 saturated carbocycles. The molecule has 1 atom stereocenters. The number of hydrogen-bond donors (Lipinski definition) is 1. The standard InChI is InChI=1S/C18H28N2O2/c1-15(2)12-16(20-10-6-7-11-20)13-19-18(21)14-22-17-8-4-3-5-9-17/h3-5,8-9,15-16H,6-7,10-14H2,1-2H3,(H,19,21). The lowest BCUT2D eigenvalue weighted by Crippen LogP contribution is -2.44. The fourth-order valence-corrected chi connectivity index (χ4v) is 2.96. The summed E-state index contributed by atoms with van der Waals surface area (Å²) < 4.78 is 5.48. The number of nitrogens with one attached hydrogen (secondary N) is 1. The number of benzene rings is 1. The molecular formula is C18H28N2O2. The minimum absolute atomic E-state index is 0.0446. The first kappa shape index (κ1) is 16.8. The Labute approximate surface area is 133 Å². The summed E-state index contributed by atoms with van der Waals surface area (Å²) in [6.07, 6.45) is 3.68. The van der Waals surface area contributed by atoms with Gasteiger partial charge in [-0.1, -0.05) is 32.0 Å². The Hall–Kier alpha value is -1.55. The van der Waals surface area contributed by atoms with Crippen molar-refractivity contribution in [3.8, 4) is 5.75 Å². The number of likely N-dealkylation sites (tertiary alicyclic amines) is 1. The van der Waals surface area contributed by atoms with Gasteiger partial charge < -0.3 is 10.1 Å². The quantitative estimate of drug-likeness (QED) is 0.803. The van der Waals surface area contributed by atoms with E-state index in [4.69, 9.17) is 4.74 Å². The van der Waals surface area contributed by atoms with Gasteiger partial charge in [-0.05, 0) is 50.4 Å². The van der Waals surface area contributed by atoms with Gasteiger partial charge in [-0.25, -0.2) is 0 Å². The van der Waals surface area contributed by atoms with Crippen LogP contribution in [0.1, 0.15) is 33.1 Å². The van der Waals surface area contributed by atoms with Gasteiger partial charge in [-0.2, -0.15) is 0 Å². The highest BCUT2D eigenvalue weighted by Gasteiger charge is 2.23. The summed E-state index contributed by atoms with van der Waals surface area (Å²) in [5, 5.41) is 3.03. The van der Waals surface area contributed by atoms with Gasteiger partial charge in [0.1, 0.15) is 5.75 Å². The Balaban J connectivity index is 1.74. The molecule has 1 unspecified atom stereocenters. The zero-order valence-corrected chi connectivity index (χ0v) is 13.8. The van der Waals surface area contributed by atoms with Crippen molar-refractivity contribution in [2.45, 2.75) is 39.2 Å². The van der Waals surface area contributed by atoms with Gasteiger partial charge in [0, 0.05) is 12.6 Å². The van der Waals surface area contributed by atoms with Crippen LogP contribution in [-0.2, 0) is 4.79 Å². The van der Waals surface area contributed by atoms with E-state index in [0.29, 0.717) is 12.0 Å². The monoisotopic (exact) mass is 304 g/mol. The summed E-state index contributed by atoms with van der Waals surface area (Å²) in [4.78, 5) is 14.5. The van der Waals surface area contributed by atoms with E-state index in [1.807, 2.05) is 30.3 Å². The van der Waals surface area contributed by atoms with Crippen molar-refractivity contribution >= 4 is 5.91 Å². The topological polar surface area (TPSA) is 41.6 Å². The molecule has 22 heavy (non-hydrogen) atoms. The van der Waals surface area contributed by atoms with Crippen LogP contribution in [0.5, 0.6) is 5.75 Å². The minimum atomic E-state index is -0.0446. The SMILES string of the molecule is CC(C)CC(CNC(=O)COc1ccccc1)N1CCCC1. The van der Waals surface area contributed by atoms with Gasteiger partial charge in [0.05, 0.1) is 0 Å². The van der Waals surface area contributed by atoms with Crippen LogP contribution in [0.2, 0.25) is 0 Å². The second-order valence-corrected chi connectivity index (χ2v) is 6.43. The molecule has 1 aromatic rings. The maximum Gasteiger partial charge on any atom is 0.257 e. The van der Waals surface area contributed by atoms with Crippen molar-refractivity contribution < 1.29 is 9.53 Å². The first-order valence-electron chi connectivity index (χ1n) is 8.33. The molecule has 122 valence electrons. The third-order valence-corrected chi connectivity index (χ3v) is 4.05. The number of amides is 1. The van der Waals surface area contributed by atoms with Crippen LogP contribution in [0.25, 0.3) is 0 Å². The lowest BCUT2D eigenvalue weighted by molar-refractivity contribution is -0.123. The molecule has 1 N–H and O–H groups in total. The molecule has 1 heterocycles. The summed E-state index contributed by atoms with van der Waals surface area (Å²) in [6.45, 7) is 7.60. The van der Waals surface area contributed by atoms with Crippen LogP contribution in [0.4, 0.5) is 0 Å². The first-order chi connectivity index (χ1) is 10.6. The predicted octanol–water partition coefficient (Wildman–Crippen LogP) is 2.69. The minimum Gasteiger partial charge on any atom is -0.484 e. The summed E-state index contributed by atoms with van der Waals surface area (Å²) in [7, 11) is 0. The molecule has 1 fully saturated rings. The Morgan fingerprint density at radius 3 is 2.55 bits per heavy atom. The molecule has 4 heteroatoms. The fourth-order valence-electron chi connectivity index (χ4n) is 2.96. The van der Waals surface area contributed by atoms with Crippen LogP contribution in [0.15, 0.2) is 30.3 Å². The van der Waals surface area contributed by atoms with Crippen LogP contribution in [0.3, 0.4) is 0 Å². The van der Waals surface area contributed by atoms with Gasteiger partial charge in [0.15, 0.2) is 6.61 Å². The van der Waals surface area contributed by atoms with Crippen molar-refractivity contribution in [1.29, 1.82) is 0 Å². The third-order valence-electron chi connectivity index (χ3n) is 4.05. The molecule has 0 radical (unpaired) electrons. The Bertz CT molecular complexity index is 442. The summed E-state index contributed by atoms with van der Waals surface area (Å²) in [6, 6.07) is 9.90. The molecule has 1 aliphatic rings.